The Morgan fingerprint density at radius 3 is 2.71 bits per heavy atom. The SMILES string of the molecule is COc1ccc(CNC2CCCC(C(F)(F)F)C2)cc1Br. The highest BCUT2D eigenvalue weighted by Crippen LogP contribution is 2.37. The van der Waals surface area contributed by atoms with Gasteiger partial charge >= 0.3 is 6.18 Å². The van der Waals surface area contributed by atoms with Crippen molar-refractivity contribution >= 4 is 15.9 Å². The lowest BCUT2D eigenvalue weighted by Gasteiger charge is -2.31. The molecule has 118 valence electrons. The third kappa shape index (κ3) is 4.61. The number of benzene rings is 1. The van der Waals surface area contributed by atoms with E-state index in [9.17, 15) is 13.2 Å². The van der Waals surface area contributed by atoms with Crippen LogP contribution in [-0.2, 0) is 6.54 Å². The van der Waals surface area contributed by atoms with Crippen LogP contribution in [0.2, 0.25) is 0 Å². The maximum Gasteiger partial charge on any atom is 0.391 e. The second-order valence-electron chi connectivity index (χ2n) is 5.45. The zero-order valence-corrected chi connectivity index (χ0v) is 13.4. The Morgan fingerprint density at radius 2 is 2.10 bits per heavy atom. The van der Waals surface area contributed by atoms with Gasteiger partial charge in [0.25, 0.3) is 0 Å². The maximum absolute atomic E-state index is 12.8. The van der Waals surface area contributed by atoms with E-state index in [1.807, 2.05) is 18.2 Å². The fourth-order valence-corrected chi connectivity index (χ4v) is 3.34. The lowest BCUT2D eigenvalue weighted by atomic mass is 9.85. The molecule has 2 atom stereocenters. The minimum atomic E-state index is -4.07. The number of methoxy groups -OCH3 is 1. The summed E-state index contributed by atoms with van der Waals surface area (Å²) in [7, 11) is 1.59. The Hall–Kier alpha value is -0.750. The van der Waals surface area contributed by atoms with Crippen molar-refractivity contribution in [2.24, 2.45) is 5.92 Å². The predicted molar refractivity (Wildman–Crippen MR) is 79.3 cm³/mol. The van der Waals surface area contributed by atoms with Gasteiger partial charge in [-0.05, 0) is 52.9 Å². The van der Waals surface area contributed by atoms with Crippen LogP contribution in [0.1, 0.15) is 31.2 Å². The maximum atomic E-state index is 12.8. The van der Waals surface area contributed by atoms with E-state index >= 15 is 0 Å². The minimum Gasteiger partial charge on any atom is -0.496 e. The molecule has 6 heteroatoms. The van der Waals surface area contributed by atoms with Crippen LogP contribution >= 0.6 is 15.9 Å². The molecule has 1 aromatic carbocycles. The van der Waals surface area contributed by atoms with Gasteiger partial charge in [0.2, 0.25) is 0 Å². The van der Waals surface area contributed by atoms with Crippen molar-refractivity contribution in [1.82, 2.24) is 5.32 Å². The molecule has 0 radical (unpaired) electrons. The first-order valence-corrected chi connectivity index (χ1v) is 7.82. The highest BCUT2D eigenvalue weighted by molar-refractivity contribution is 9.10. The molecule has 1 aliphatic carbocycles. The number of nitrogens with one attached hydrogen (secondary N) is 1. The van der Waals surface area contributed by atoms with Crippen molar-refractivity contribution in [3.05, 3.63) is 28.2 Å². The van der Waals surface area contributed by atoms with Crippen LogP contribution in [0.15, 0.2) is 22.7 Å². The van der Waals surface area contributed by atoms with Gasteiger partial charge < -0.3 is 10.1 Å². The molecule has 1 fully saturated rings. The largest absolute Gasteiger partial charge is 0.496 e. The van der Waals surface area contributed by atoms with Gasteiger partial charge in [0.15, 0.2) is 0 Å². The quantitative estimate of drug-likeness (QED) is 0.836. The molecule has 1 aromatic rings. The summed E-state index contributed by atoms with van der Waals surface area (Å²) in [4.78, 5) is 0. The Kier molecular flexibility index (Phi) is 5.54. The Bertz CT molecular complexity index is 478. The molecular weight excluding hydrogens is 347 g/mol. The lowest BCUT2D eigenvalue weighted by molar-refractivity contribution is -0.183. The van der Waals surface area contributed by atoms with Crippen molar-refractivity contribution in [3.8, 4) is 5.75 Å². The summed E-state index contributed by atoms with van der Waals surface area (Å²) in [6.07, 6.45) is -2.18. The molecule has 0 saturated heterocycles. The summed E-state index contributed by atoms with van der Waals surface area (Å²) in [5, 5.41) is 3.24. The fourth-order valence-electron chi connectivity index (χ4n) is 2.75. The van der Waals surface area contributed by atoms with E-state index in [0.29, 0.717) is 13.0 Å². The van der Waals surface area contributed by atoms with Gasteiger partial charge in [-0.1, -0.05) is 12.5 Å². The van der Waals surface area contributed by atoms with Gasteiger partial charge in [0.1, 0.15) is 5.75 Å². The van der Waals surface area contributed by atoms with E-state index in [2.05, 4.69) is 21.2 Å². The number of hydrogen-bond acceptors (Lipinski definition) is 2. The molecule has 1 saturated carbocycles. The molecule has 0 amide bonds. The predicted octanol–water partition coefficient (Wildman–Crippen LogP) is 4.67. The van der Waals surface area contributed by atoms with E-state index in [1.54, 1.807) is 7.11 Å². The smallest absolute Gasteiger partial charge is 0.391 e. The molecule has 1 N–H and O–H groups in total. The standard InChI is InChI=1S/C15H19BrF3NO/c1-21-14-6-5-10(7-13(14)16)9-20-12-4-2-3-11(8-12)15(17,18)19/h5-7,11-12,20H,2-4,8-9H2,1H3. The molecule has 0 aliphatic heterocycles. The minimum absolute atomic E-state index is 0.0637. The summed E-state index contributed by atoms with van der Waals surface area (Å²) >= 11 is 3.41. The van der Waals surface area contributed by atoms with E-state index in [1.165, 1.54) is 0 Å². The second kappa shape index (κ2) is 7.01. The average molecular weight is 366 g/mol. The lowest BCUT2D eigenvalue weighted by Crippen LogP contribution is -2.38. The molecule has 0 bridgehead atoms. The van der Waals surface area contributed by atoms with Gasteiger partial charge in [-0.3, -0.25) is 0 Å². The third-order valence-corrected chi connectivity index (χ3v) is 4.57. The first-order chi connectivity index (χ1) is 9.90. The average Bonchev–Trinajstić information content (AvgIpc) is 2.45. The number of ether oxygens (including phenoxy) is 1. The van der Waals surface area contributed by atoms with Crippen molar-refractivity contribution in [2.45, 2.75) is 44.4 Å². The molecule has 0 heterocycles. The van der Waals surface area contributed by atoms with Gasteiger partial charge in [-0.15, -0.1) is 0 Å². The van der Waals surface area contributed by atoms with E-state index in [4.69, 9.17) is 4.74 Å². The summed E-state index contributed by atoms with van der Waals surface area (Å²) in [6, 6.07) is 5.63. The van der Waals surface area contributed by atoms with E-state index in [-0.39, 0.29) is 18.9 Å². The summed E-state index contributed by atoms with van der Waals surface area (Å²) in [6.45, 7) is 0.567. The normalized spacial score (nSPS) is 23.1. The Balaban J connectivity index is 1.89. The summed E-state index contributed by atoms with van der Waals surface area (Å²) in [5.41, 5.74) is 1.02. The molecule has 0 aromatic heterocycles. The van der Waals surface area contributed by atoms with Crippen molar-refractivity contribution < 1.29 is 17.9 Å². The molecule has 1 aliphatic rings. The molecule has 2 rings (SSSR count). The van der Waals surface area contributed by atoms with Crippen molar-refractivity contribution in [3.63, 3.8) is 0 Å². The highest BCUT2D eigenvalue weighted by atomic mass is 79.9. The topological polar surface area (TPSA) is 21.3 Å². The van der Waals surface area contributed by atoms with Gasteiger partial charge in [0.05, 0.1) is 17.5 Å². The number of rotatable bonds is 4. The van der Waals surface area contributed by atoms with Crippen LogP contribution in [0, 0.1) is 5.92 Å². The van der Waals surface area contributed by atoms with Crippen LogP contribution in [0.4, 0.5) is 13.2 Å². The Morgan fingerprint density at radius 1 is 1.33 bits per heavy atom. The van der Waals surface area contributed by atoms with Crippen LogP contribution < -0.4 is 10.1 Å². The summed E-state index contributed by atoms with van der Waals surface area (Å²) in [5.74, 6) is -0.417. The molecule has 2 nitrogen and oxygen atoms in total. The zero-order chi connectivity index (χ0) is 15.5. The van der Waals surface area contributed by atoms with Gasteiger partial charge in [-0.2, -0.15) is 13.2 Å². The third-order valence-electron chi connectivity index (χ3n) is 3.95. The van der Waals surface area contributed by atoms with Crippen LogP contribution in [-0.4, -0.2) is 19.3 Å². The zero-order valence-electron chi connectivity index (χ0n) is 11.8. The fraction of sp³-hybridized carbons (Fsp3) is 0.600. The van der Waals surface area contributed by atoms with Crippen molar-refractivity contribution in [2.75, 3.05) is 7.11 Å². The number of hydrogen-bond donors (Lipinski definition) is 1. The van der Waals surface area contributed by atoms with Crippen molar-refractivity contribution in [1.29, 1.82) is 0 Å². The highest BCUT2D eigenvalue weighted by Gasteiger charge is 2.41. The molecular formula is C15H19BrF3NO. The monoisotopic (exact) mass is 365 g/mol. The van der Waals surface area contributed by atoms with E-state index in [0.717, 1.165) is 22.2 Å². The molecule has 21 heavy (non-hydrogen) atoms. The molecule has 2 unspecified atom stereocenters. The number of halogens is 4. The van der Waals surface area contributed by atoms with E-state index < -0.39 is 12.1 Å². The first kappa shape index (κ1) is 16.6. The van der Waals surface area contributed by atoms with Gasteiger partial charge in [-0.25, -0.2) is 0 Å². The Labute approximate surface area is 131 Å². The summed E-state index contributed by atoms with van der Waals surface area (Å²) < 4.78 is 44.3. The number of alkyl halides is 3. The van der Waals surface area contributed by atoms with Crippen LogP contribution in [0.25, 0.3) is 0 Å². The second-order valence-corrected chi connectivity index (χ2v) is 6.31. The van der Waals surface area contributed by atoms with Crippen LogP contribution in [0.3, 0.4) is 0 Å². The first-order valence-electron chi connectivity index (χ1n) is 7.02. The molecule has 0 spiro atoms. The van der Waals surface area contributed by atoms with Gasteiger partial charge in [0, 0.05) is 12.6 Å². The van der Waals surface area contributed by atoms with Crippen LogP contribution in [0.5, 0.6) is 5.75 Å².